The van der Waals surface area contributed by atoms with Crippen molar-refractivity contribution in [2.75, 3.05) is 0 Å². The van der Waals surface area contributed by atoms with E-state index < -0.39 is 0 Å². The van der Waals surface area contributed by atoms with E-state index in [-0.39, 0.29) is 5.84 Å². The molecule has 3 N–H and O–H groups in total. The summed E-state index contributed by atoms with van der Waals surface area (Å²) in [5.41, 5.74) is 5.54. The van der Waals surface area contributed by atoms with Gasteiger partial charge in [0.1, 0.15) is 12.2 Å². The van der Waals surface area contributed by atoms with E-state index >= 15 is 0 Å². The fourth-order valence-corrected chi connectivity index (χ4v) is 1.68. The number of oxime groups is 1. The molecule has 0 bridgehead atoms. The predicted octanol–water partition coefficient (Wildman–Crippen LogP) is 0.0274. The van der Waals surface area contributed by atoms with Gasteiger partial charge >= 0.3 is 0 Å². The van der Waals surface area contributed by atoms with Gasteiger partial charge in [0.2, 0.25) is 5.84 Å². The SMILES string of the molecule is CCCn1ncnc1Cn1ccnc1C(N)=NO. The molecule has 2 aromatic heterocycles. The fraction of sp³-hybridized carbons (Fsp3) is 0.400. The van der Waals surface area contributed by atoms with Gasteiger partial charge in [-0.2, -0.15) is 5.10 Å². The van der Waals surface area contributed by atoms with E-state index in [1.165, 1.54) is 6.33 Å². The topological polar surface area (TPSA) is 107 Å². The third kappa shape index (κ3) is 2.31. The first-order chi connectivity index (χ1) is 8.76. The second kappa shape index (κ2) is 5.30. The number of rotatable bonds is 5. The minimum absolute atomic E-state index is 0.0263. The Morgan fingerprint density at radius 2 is 2.33 bits per heavy atom. The maximum absolute atomic E-state index is 8.67. The van der Waals surface area contributed by atoms with Crippen LogP contribution in [-0.4, -0.2) is 35.4 Å². The second-order valence-corrected chi connectivity index (χ2v) is 3.76. The largest absolute Gasteiger partial charge is 0.409 e. The van der Waals surface area contributed by atoms with Crippen LogP contribution in [-0.2, 0) is 13.1 Å². The first kappa shape index (κ1) is 12.1. The summed E-state index contributed by atoms with van der Waals surface area (Å²) in [5.74, 6) is 1.19. The Hall–Kier alpha value is -2.38. The first-order valence-corrected chi connectivity index (χ1v) is 5.62. The highest BCUT2D eigenvalue weighted by Crippen LogP contribution is 2.03. The molecule has 0 fully saturated rings. The summed E-state index contributed by atoms with van der Waals surface area (Å²) in [6.45, 7) is 3.36. The summed E-state index contributed by atoms with van der Waals surface area (Å²) >= 11 is 0. The van der Waals surface area contributed by atoms with Crippen LogP contribution in [0.3, 0.4) is 0 Å². The van der Waals surface area contributed by atoms with Gasteiger partial charge < -0.3 is 15.5 Å². The minimum atomic E-state index is -0.0263. The van der Waals surface area contributed by atoms with Crippen molar-refractivity contribution in [2.24, 2.45) is 10.9 Å². The molecule has 0 aromatic carbocycles. The van der Waals surface area contributed by atoms with Gasteiger partial charge in [-0.25, -0.2) is 14.6 Å². The molecule has 0 amide bonds. The van der Waals surface area contributed by atoms with Gasteiger partial charge in [0.25, 0.3) is 0 Å². The lowest BCUT2D eigenvalue weighted by Gasteiger charge is -2.07. The Bertz CT molecular complexity index is 542. The standard InChI is InChI=1S/C10H15N7O/c1-2-4-17-8(13-7-14-17)6-16-5-3-12-10(16)9(11)15-18/h3,5,7,18H,2,4,6H2,1H3,(H2,11,15). The zero-order chi connectivity index (χ0) is 13.0. The Morgan fingerprint density at radius 1 is 1.50 bits per heavy atom. The average Bonchev–Trinajstić information content (AvgIpc) is 3.00. The minimum Gasteiger partial charge on any atom is -0.409 e. The summed E-state index contributed by atoms with van der Waals surface area (Å²) in [6, 6.07) is 0. The summed E-state index contributed by atoms with van der Waals surface area (Å²) < 4.78 is 3.58. The maximum Gasteiger partial charge on any atom is 0.206 e. The van der Waals surface area contributed by atoms with Gasteiger partial charge in [-0.05, 0) is 6.42 Å². The van der Waals surface area contributed by atoms with Crippen molar-refractivity contribution >= 4 is 5.84 Å². The molecule has 0 spiro atoms. The highest BCUT2D eigenvalue weighted by atomic mass is 16.4. The third-order valence-corrected chi connectivity index (χ3v) is 2.50. The van der Waals surface area contributed by atoms with Gasteiger partial charge in [0, 0.05) is 18.9 Å². The van der Waals surface area contributed by atoms with Crippen molar-refractivity contribution in [1.29, 1.82) is 0 Å². The monoisotopic (exact) mass is 249 g/mol. The highest BCUT2D eigenvalue weighted by molar-refractivity contribution is 5.93. The Labute approximate surface area is 104 Å². The average molecular weight is 249 g/mol. The van der Waals surface area contributed by atoms with Crippen molar-refractivity contribution in [2.45, 2.75) is 26.4 Å². The van der Waals surface area contributed by atoms with Gasteiger partial charge in [-0.1, -0.05) is 12.1 Å². The molecule has 8 heteroatoms. The number of amidine groups is 1. The van der Waals surface area contributed by atoms with Crippen LogP contribution >= 0.6 is 0 Å². The smallest absolute Gasteiger partial charge is 0.206 e. The van der Waals surface area contributed by atoms with Crippen LogP contribution in [0.5, 0.6) is 0 Å². The lowest BCUT2D eigenvalue weighted by Crippen LogP contribution is -2.21. The first-order valence-electron chi connectivity index (χ1n) is 5.62. The van der Waals surface area contributed by atoms with E-state index in [1.807, 2.05) is 4.68 Å². The van der Waals surface area contributed by atoms with Gasteiger partial charge in [0.15, 0.2) is 5.82 Å². The van der Waals surface area contributed by atoms with Crippen LogP contribution < -0.4 is 5.73 Å². The summed E-state index contributed by atoms with van der Waals surface area (Å²) in [7, 11) is 0. The molecule has 18 heavy (non-hydrogen) atoms. The third-order valence-electron chi connectivity index (χ3n) is 2.50. The Balaban J connectivity index is 2.24. The van der Waals surface area contributed by atoms with Crippen LogP contribution in [0.4, 0.5) is 0 Å². The predicted molar refractivity (Wildman–Crippen MR) is 64.2 cm³/mol. The normalized spacial score (nSPS) is 11.9. The Kier molecular flexibility index (Phi) is 3.56. The summed E-state index contributed by atoms with van der Waals surface area (Å²) in [5, 5.41) is 15.8. The summed E-state index contributed by atoms with van der Waals surface area (Å²) in [6.07, 6.45) is 5.84. The van der Waals surface area contributed by atoms with Gasteiger partial charge in [-0.3, -0.25) is 0 Å². The molecule has 8 nitrogen and oxygen atoms in total. The molecular weight excluding hydrogens is 234 g/mol. The van der Waals surface area contributed by atoms with Gasteiger partial charge in [0.05, 0.1) is 6.54 Å². The van der Waals surface area contributed by atoms with Crippen molar-refractivity contribution in [3.05, 3.63) is 30.4 Å². The van der Waals surface area contributed by atoms with Crippen LogP contribution in [0.25, 0.3) is 0 Å². The van der Waals surface area contributed by atoms with E-state index in [1.54, 1.807) is 17.0 Å². The molecule has 0 atom stereocenters. The number of hydrogen-bond acceptors (Lipinski definition) is 5. The number of aryl methyl sites for hydroxylation is 1. The zero-order valence-electron chi connectivity index (χ0n) is 10.1. The molecule has 0 aliphatic carbocycles. The quantitative estimate of drug-likeness (QED) is 0.336. The van der Waals surface area contributed by atoms with E-state index in [0.717, 1.165) is 18.8 Å². The van der Waals surface area contributed by atoms with Crippen molar-refractivity contribution < 1.29 is 5.21 Å². The van der Waals surface area contributed by atoms with Crippen LogP contribution in [0, 0.1) is 0 Å². The molecule has 2 aromatic rings. The van der Waals surface area contributed by atoms with E-state index in [0.29, 0.717) is 12.4 Å². The second-order valence-electron chi connectivity index (χ2n) is 3.76. The molecule has 0 saturated heterocycles. The number of imidazole rings is 1. The van der Waals surface area contributed by atoms with Crippen LogP contribution in [0.2, 0.25) is 0 Å². The van der Waals surface area contributed by atoms with Crippen LogP contribution in [0.15, 0.2) is 23.9 Å². The number of aromatic nitrogens is 5. The maximum atomic E-state index is 8.67. The highest BCUT2D eigenvalue weighted by Gasteiger charge is 2.11. The molecule has 0 unspecified atom stereocenters. The molecule has 96 valence electrons. The molecule has 2 heterocycles. The zero-order valence-corrected chi connectivity index (χ0v) is 10.1. The fourth-order valence-electron chi connectivity index (χ4n) is 1.68. The lowest BCUT2D eigenvalue weighted by molar-refractivity contribution is 0.318. The molecular formula is C10H15N7O. The lowest BCUT2D eigenvalue weighted by atomic mass is 10.4. The van der Waals surface area contributed by atoms with E-state index in [9.17, 15) is 0 Å². The molecule has 0 aliphatic rings. The summed E-state index contributed by atoms with van der Waals surface area (Å²) in [4.78, 5) is 8.23. The van der Waals surface area contributed by atoms with Crippen molar-refractivity contribution in [3.63, 3.8) is 0 Å². The number of nitrogens with two attached hydrogens (primary N) is 1. The van der Waals surface area contributed by atoms with E-state index in [4.69, 9.17) is 10.9 Å². The molecule has 0 saturated carbocycles. The molecule has 2 rings (SSSR count). The molecule has 0 radical (unpaired) electrons. The van der Waals surface area contributed by atoms with Gasteiger partial charge in [-0.15, -0.1) is 0 Å². The number of nitrogens with zero attached hydrogens (tertiary/aromatic N) is 6. The van der Waals surface area contributed by atoms with Crippen LogP contribution in [0.1, 0.15) is 25.0 Å². The molecule has 0 aliphatic heterocycles. The number of hydrogen-bond donors (Lipinski definition) is 2. The Morgan fingerprint density at radius 3 is 3.06 bits per heavy atom. The van der Waals surface area contributed by atoms with Crippen molar-refractivity contribution in [1.82, 2.24) is 24.3 Å². The van der Waals surface area contributed by atoms with Crippen molar-refractivity contribution in [3.8, 4) is 0 Å². The van der Waals surface area contributed by atoms with E-state index in [2.05, 4.69) is 27.1 Å².